The maximum atomic E-state index is 5.31. The lowest BCUT2D eigenvalue weighted by molar-refractivity contribution is 0.218. The van der Waals surface area contributed by atoms with Crippen molar-refractivity contribution >= 4 is 58.4 Å². The largest absolute Gasteiger partial charge is 0.477 e. The minimum atomic E-state index is 0.0856. The van der Waals surface area contributed by atoms with Gasteiger partial charge >= 0.3 is 0 Å². The van der Waals surface area contributed by atoms with Gasteiger partial charge in [-0.2, -0.15) is 0 Å². The molecule has 0 spiro atoms. The molecule has 1 rings (SSSR count). The van der Waals surface area contributed by atoms with Gasteiger partial charge in [-0.1, -0.05) is 55.2 Å². The summed E-state index contributed by atoms with van der Waals surface area (Å²) in [6.45, 7) is 0.439. The second kappa shape index (κ2) is 7.99. The first-order valence-electron chi connectivity index (χ1n) is 5.36. The lowest BCUT2D eigenvalue weighted by Crippen LogP contribution is -2.39. The van der Waals surface area contributed by atoms with Crippen LogP contribution in [0.15, 0.2) is 30.3 Å². The zero-order chi connectivity index (χ0) is 13.5. The molecule has 1 aromatic carbocycles. The smallest absolute Gasteiger partial charge is 0.216 e. The third-order valence-electron chi connectivity index (χ3n) is 2.56. The number of nitrogens with zero attached hydrogens (tertiary/aromatic N) is 1. The molecule has 0 saturated heterocycles. The van der Waals surface area contributed by atoms with E-state index >= 15 is 0 Å². The molecule has 1 atom stereocenters. The number of thiocarbonyl (C=S) groups is 2. The summed E-state index contributed by atoms with van der Waals surface area (Å²) in [7, 11) is 1.90. The first kappa shape index (κ1) is 15.8. The Morgan fingerprint density at radius 2 is 1.89 bits per heavy atom. The number of rotatable bonds is 5. The minimum Gasteiger partial charge on any atom is -0.477 e. The second-order valence-corrected chi connectivity index (χ2v) is 6.01. The molecular weight excluding hydrogens is 302 g/mol. The Balaban J connectivity index is 2.71. The fourth-order valence-corrected chi connectivity index (χ4v) is 1.97. The molecule has 0 bridgehead atoms. The maximum Gasteiger partial charge on any atom is 0.216 e. The van der Waals surface area contributed by atoms with Crippen LogP contribution in [0.3, 0.4) is 0 Å². The van der Waals surface area contributed by atoms with Crippen molar-refractivity contribution in [3.8, 4) is 0 Å². The van der Waals surface area contributed by atoms with Crippen molar-refractivity contribution in [1.82, 2.24) is 4.90 Å². The molecule has 0 aromatic heterocycles. The van der Waals surface area contributed by atoms with Crippen LogP contribution in [-0.4, -0.2) is 33.3 Å². The van der Waals surface area contributed by atoms with Crippen molar-refractivity contribution < 1.29 is 4.74 Å². The van der Waals surface area contributed by atoms with E-state index in [1.54, 1.807) is 0 Å². The summed E-state index contributed by atoms with van der Waals surface area (Å²) in [5.41, 5.74) is 1.22. The zero-order valence-electron chi connectivity index (χ0n) is 9.94. The van der Waals surface area contributed by atoms with Gasteiger partial charge in [-0.3, -0.25) is 0 Å². The predicted molar refractivity (Wildman–Crippen MR) is 90.8 cm³/mol. The zero-order valence-corrected chi connectivity index (χ0v) is 13.4. The monoisotopic (exact) mass is 317 g/mol. The van der Waals surface area contributed by atoms with Crippen LogP contribution < -0.4 is 0 Å². The second-order valence-electron chi connectivity index (χ2n) is 3.81. The summed E-state index contributed by atoms with van der Waals surface area (Å²) < 4.78 is 6.08. The van der Waals surface area contributed by atoms with Crippen LogP contribution in [0.25, 0.3) is 0 Å². The molecule has 0 aliphatic carbocycles. The third kappa shape index (κ3) is 5.56. The Morgan fingerprint density at radius 3 is 2.39 bits per heavy atom. The van der Waals surface area contributed by atoms with Crippen LogP contribution in [0, 0.1) is 0 Å². The molecule has 0 fully saturated rings. The Kier molecular flexibility index (Phi) is 6.99. The average Bonchev–Trinajstić information content (AvgIpc) is 2.34. The number of benzene rings is 1. The SMILES string of the molecule is CN(C(=S)S)[C@H](COC(=S)S)Cc1ccccc1. The summed E-state index contributed by atoms with van der Waals surface area (Å²) in [6.07, 6.45) is 0.814. The molecule has 0 heterocycles. The fourth-order valence-electron chi connectivity index (χ4n) is 1.52. The molecule has 0 aliphatic heterocycles. The number of hydrogen-bond acceptors (Lipinski definition) is 3. The number of thiol groups is 2. The lowest BCUT2D eigenvalue weighted by Gasteiger charge is -2.28. The molecular formula is C12H15NOS4. The van der Waals surface area contributed by atoms with Crippen molar-refractivity contribution in [3.63, 3.8) is 0 Å². The van der Waals surface area contributed by atoms with Crippen molar-refractivity contribution in [2.24, 2.45) is 0 Å². The highest BCUT2D eigenvalue weighted by atomic mass is 32.1. The first-order valence-corrected chi connectivity index (χ1v) is 7.07. The molecule has 0 unspecified atom stereocenters. The average molecular weight is 318 g/mol. The number of ether oxygens (including phenoxy) is 1. The predicted octanol–water partition coefficient (Wildman–Crippen LogP) is 2.98. The molecule has 2 nitrogen and oxygen atoms in total. The van der Waals surface area contributed by atoms with Gasteiger partial charge in [0.25, 0.3) is 0 Å². The van der Waals surface area contributed by atoms with Crippen molar-refractivity contribution in [2.45, 2.75) is 12.5 Å². The summed E-state index contributed by atoms with van der Waals surface area (Å²) in [5.74, 6) is 0. The van der Waals surface area contributed by atoms with Gasteiger partial charge in [0.2, 0.25) is 4.38 Å². The van der Waals surface area contributed by atoms with Gasteiger partial charge in [-0.25, -0.2) is 0 Å². The fraction of sp³-hybridized carbons (Fsp3) is 0.333. The van der Waals surface area contributed by atoms with Crippen LogP contribution in [0.4, 0.5) is 0 Å². The van der Waals surface area contributed by atoms with Gasteiger partial charge in [0.15, 0.2) is 0 Å². The van der Waals surface area contributed by atoms with E-state index in [-0.39, 0.29) is 10.4 Å². The van der Waals surface area contributed by atoms with E-state index in [1.807, 2.05) is 30.1 Å². The van der Waals surface area contributed by atoms with E-state index in [2.05, 4.69) is 37.4 Å². The van der Waals surface area contributed by atoms with Gasteiger partial charge < -0.3 is 9.64 Å². The molecule has 6 heteroatoms. The van der Waals surface area contributed by atoms with E-state index in [9.17, 15) is 0 Å². The highest BCUT2D eigenvalue weighted by molar-refractivity contribution is 8.11. The topological polar surface area (TPSA) is 12.5 Å². The molecule has 0 N–H and O–H groups in total. The quantitative estimate of drug-likeness (QED) is 0.639. The Labute approximate surface area is 130 Å². The summed E-state index contributed by atoms with van der Waals surface area (Å²) in [6, 6.07) is 10.2. The highest BCUT2D eigenvalue weighted by Crippen LogP contribution is 2.11. The normalized spacial score (nSPS) is 11.7. The van der Waals surface area contributed by atoms with Crippen molar-refractivity contribution in [2.75, 3.05) is 13.7 Å². The van der Waals surface area contributed by atoms with Crippen molar-refractivity contribution in [3.05, 3.63) is 35.9 Å². The Hall–Kier alpha value is -0.300. The van der Waals surface area contributed by atoms with Crippen LogP contribution in [-0.2, 0) is 11.2 Å². The van der Waals surface area contributed by atoms with Gasteiger partial charge in [0.05, 0.1) is 6.04 Å². The minimum absolute atomic E-state index is 0.0856. The maximum absolute atomic E-state index is 5.31. The summed E-state index contributed by atoms with van der Waals surface area (Å²) >= 11 is 18.0. The summed E-state index contributed by atoms with van der Waals surface area (Å²) in [4.78, 5) is 1.90. The molecule has 1 aromatic rings. The summed E-state index contributed by atoms with van der Waals surface area (Å²) in [5, 5.41) is 0. The Bertz CT molecular complexity index is 410. The molecule has 18 heavy (non-hydrogen) atoms. The molecule has 0 radical (unpaired) electrons. The standard InChI is InChI=1S/C12H15NOS4/c1-13(11(15)16)10(8-14-12(17)18)7-9-5-3-2-4-6-9/h2-6,10H,7-8H2,1H3,(H,15,16)(H,17,18)/t10-/m0/s1. The van der Waals surface area contributed by atoms with Crippen LogP contribution in [0.2, 0.25) is 0 Å². The van der Waals surface area contributed by atoms with Gasteiger partial charge in [0, 0.05) is 7.05 Å². The van der Waals surface area contributed by atoms with Gasteiger partial charge in [-0.15, -0.1) is 12.6 Å². The number of hydrogen-bond donors (Lipinski definition) is 2. The third-order valence-corrected chi connectivity index (χ3v) is 3.41. The highest BCUT2D eigenvalue weighted by Gasteiger charge is 2.17. The molecule has 0 aliphatic rings. The van der Waals surface area contributed by atoms with Crippen LogP contribution >= 0.6 is 49.7 Å². The lowest BCUT2D eigenvalue weighted by atomic mass is 10.1. The van der Waals surface area contributed by atoms with Crippen LogP contribution in [0.5, 0.6) is 0 Å². The molecule has 0 amide bonds. The molecule has 98 valence electrons. The van der Waals surface area contributed by atoms with E-state index in [4.69, 9.17) is 29.2 Å². The van der Waals surface area contributed by atoms with E-state index in [0.717, 1.165) is 6.42 Å². The van der Waals surface area contributed by atoms with E-state index < -0.39 is 0 Å². The van der Waals surface area contributed by atoms with Gasteiger partial charge in [-0.05, 0) is 24.2 Å². The van der Waals surface area contributed by atoms with E-state index in [1.165, 1.54) is 5.56 Å². The van der Waals surface area contributed by atoms with E-state index in [0.29, 0.717) is 10.9 Å². The number of likely N-dealkylation sites (N-methyl/N-ethyl adjacent to an activating group) is 1. The Morgan fingerprint density at radius 1 is 1.28 bits per heavy atom. The van der Waals surface area contributed by atoms with Gasteiger partial charge in [0.1, 0.15) is 10.9 Å². The first-order chi connectivity index (χ1) is 8.50. The van der Waals surface area contributed by atoms with Crippen LogP contribution in [0.1, 0.15) is 5.56 Å². The van der Waals surface area contributed by atoms with Crippen molar-refractivity contribution in [1.29, 1.82) is 0 Å². The molecule has 0 saturated carbocycles.